The smallest absolute Gasteiger partial charge is 0.320 e. The number of carbonyl (C=O) groups is 1. The van der Waals surface area contributed by atoms with Gasteiger partial charge in [-0.3, -0.25) is 4.79 Å². The van der Waals surface area contributed by atoms with Gasteiger partial charge in [-0.25, -0.2) is 13.1 Å². The Labute approximate surface area is 214 Å². The largest absolute Gasteiger partial charge is 0.460 e. The van der Waals surface area contributed by atoms with Crippen molar-refractivity contribution >= 4 is 37.4 Å². The Balaban J connectivity index is 1.68. The molecule has 0 aliphatic rings. The van der Waals surface area contributed by atoms with Gasteiger partial charge in [0.15, 0.2) is 0 Å². The molecule has 35 heavy (non-hydrogen) atoms. The third-order valence-corrected chi connectivity index (χ3v) is 9.46. The molecule has 2 unspecified atom stereocenters. The van der Waals surface area contributed by atoms with Crippen LogP contribution in [0.3, 0.4) is 0 Å². The van der Waals surface area contributed by atoms with Crippen molar-refractivity contribution < 1.29 is 17.9 Å². The van der Waals surface area contributed by atoms with Gasteiger partial charge >= 0.3 is 5.97 Å². The number of sulfone groups is 1. The molecule has 0 aliphatic heterocycles. The zero-order valence-electron chi connectivity index (χ0n) is 20.0. The molecule has 2 aromatic carbocycles. The summed E-state index contributed by atoms with van der Waals surface area (Å²) in [4.78, 5) is 15.2. The lowest BCUT2D eigenvalue weighted by Gasteiger charge is -2.19. The van der Waals surface area contributed by atoms with E-state index >= 15 is 0 Å². The van der Waals surface area contributed by atoms with Gasteiger partial charge in [-0.05, 0) is 45.1 Å². The molecule has 0 aliphatic carbocycles. The van der Waals surface area contributed by atoms with E-state index in [1.54, 1.807) is 29.0 Å². The van der Waals surface area contributed by atoms with Crippen LogP contribution < -0.4 is 0 Å². The first-order chi connectivity index (χ1) is 16.8. The first kappa shape index (κ1) is 27.3. The van der Waals surface area contributed by atoms with E-state index in [1.165, 1.54) is 33.8 Å². The number of aromatic nitrogens is 3. The molecule has 0 fully saturated rings. The first-order valence-electron chi connectivity index (χ1n) is 11.1. The first-order valence-corrected chi connectivity index (χ1v) is 15.0. The zero-order chi connectivity index (χ0) is 25.3. The number of esters is 1. The van der Waals surface area contributed by atoms with Crippen molar-refractivity contribution in [2.45, 2.75) is 41.2 Å². The van der Waals surface area contributed by atoms with Crippen LogP contribution in [0.25, 0.3) is 0 Å². The fraction of sp³-hybridized carbons (Fsp3) is 0.375. The molecular formula is C24H30N4O4S3. The minimum Gasteiger partial charge on any atom is -0.460 e. The van der Waals surface area contributed by atoms with E-state index in [2.05, 4.69) is 15.2 Å². The molecule has 3 aromatic rings. The third-order valence-electron chi connectivity index (χ3n) is 5.12. The monoisotopic (exact) mass is 534 g/mol. The Morgan fingerprint density at radius 1 is 1.09 bits per heavy atom. The fourth-order valence-corrected chi connectivity index (χ4v) is 6.91. The molecule has 188 valence electrons. The van der Waals surface area contributed by atoms with Gasteiger partial charge in [0.2, 0.25) is 14.9 Å². The van der Waals surface area contributed by atoms with Crippen LogP contribution >= 0.6 is 21.6 Å². The van der Waals surface area contributed by atoms with Gasteiger partial charge in [-0.2, -0.15) is 0 Å². The summed E-state index contributed by atoms with van der Waals surface area (Å²) < 4.78 is 32.8. The predicted molar refractivity (Wildman–Crippen MR) is 140 cm³/mol. The standard InChI is InChI=1S/C24H30N4O4S3/c1-19(28-17-23(25-26-28)35(30,31)21-12-8-5-9-13-21)16-22(34-33-15-14-27(2)3)24(29)32-18-20-10-6-4-7-11-20/h4-13,17,19,22H,14-16,18H2,1-3H3. The molecule has 0 saturated heterocycles. The second-order valence-electron chi connectivity index (χ2n) is 8.24. The van der Waals surface area contributed by atoms with Gasteiger partial charge in [0.1, 0.15) is 11.9 Å². The third kappa shape index (κ3) is 8.09. The van der Waals surface area contributed by atoms with Gasteiger partial charge in [0, 0.05) is 12.3 Å². The molecule has 2 atom stereocenters. The van der Waals surface area contributed by atoms with Crippen molar-refractivity contribution in [3.8, 4) is 0 Å². The van der Waals surface area contributed by atoms with Crippen LogP contribution in [0.2, 0.25) is 0 Å². The molecule has 0 bridgehead atoms. The van der Waals surface area contributed by atoms with Crippen LogP contribution in [0.5, 0.6) is 0 Å². The van der Waals surface area contributed by atoms with Crippen LogP contribution in [0.1, 0.15) is 24.9 Å². The molecule has 8 nitrogen and oxygen atoms in total. The second-order valence-corrected chi connectivity index (χ2v) is 12.8. The molecule has 0 amide bonds. The van der Waals surface area contributed by atoms with Crippen LogP contribution in [-0.4, -0.2) is 65.9 Å². The maximum atomic E-state index is 13.0. The summed E-state index contributed by atoms with van der Waals surface area (Å²) in [5.74, 6) is 0.553. The summed E-state index contributed by atoms with van der Waals surface area (Å²) in [5.41, 5.74) is 0.921. The van der Waals surface area contributed by atoms with Crippen molar-refractivity contribution in [3.63, 3.8) is 0 Å². The Morgan fingerprint density at radius 2 is 1.74 bits per heavy atom. The Hall–Kier alpha value is -2.34. The maximum Gasteiger partial charge on any atom is 0.320 e. The van der Waals surface area contributed by atoms with E-state index in [0.29, 0.717) is 6.42 Å². The summed E-state index contributed by atoms with van der Waals surface area (Å²) in [7, 11) is 3.34. The Morgan fingerprint density at radius 3 is 2.40 bits per heavy atom. The van der Waals surface area contributed by atoms with Crippen molar-refractivity contribution in [1.29, 1.82) is 0 Å². The fourth-order valence-electron chi connectivity index (χ4n) is 3.08. The Bertz CT molecular complexity index is 1170. The molecule has 1 heterocycles. The number of nitrogens with zero attached hydrogens (tertiary/aromatic N) is 4. The van der Waals surface area contributed by atoms with Crippen LogP contribution in [0.4, 0.5) is 0 Å². The highest BCUT2D eigenvalue weighted by Gasteiger charge is 2.27. The molecule has 11 heteroatoms. The van der Waals surface area contributed by atoms with Crippen LogP contribution in [-0.2, 0) is 26.0 Å². The SMILES string of the molecule is CC(CC(SSCCN(C)C)C(=O)OCc1ccccc1)n1cc(S(=O)(=O)c2ccccc2)nn1. The lowest BCUT2D eigenvalue weighted by atomic mass is 10.2. The Kier molecular flexibility index (Phi) is 10.2. The quantitative estimate of drug-likeness (QED) is 0.182. The highest BCUT2D eigenvalue weighted by molar-refractivity contribution is 8.77. The molecule has 0 N–H and O–H groups in total. The van der Waals surface area contributed by atoms with E-state index in [-0.39, 0.29) is 28.5 Å². The van der Waals surface area contributed by atoms with E-state index in [4.69, 9.17) is 4.74 Å². The summed E-state index contributed by atoms with van der Waals surface area (Å²) in [5, 5.41) is 7.38. The number of hydrogen-bond donors (Lipinski definition) is 0. The molecule has 0 radical (unpaired) electrons. The minimum atomic E-state index is -3.76. The van der Waals surface area contributed by atoms with Gasteiger partial charge in [0.25, 0.3) is 0 Å². The van der Waals surface area contributed by atoms with E-state index in [9.17, 15) is 13.2 Å². The normalized spacial score (nSPS) is 13.5. The molecule has 0 spiro atoms. The number of carbonyl (C=O) groups excluding carboxylic acids is 1. The number of ether oxygens (including phenoxy) is 1. The summed E-state index contributed by atoms with van der Waals surface area (Å²) in [6.07, 6.45) is 1.84. The number of rotatable bonds is 13. The molecule has 1 aromatic heterocycles. The summed E-state index contributed by atoms with van der Waals surface area (Å²) >= 11 is 0. The van der Waals surface area contributed by atoms with E-state index in [0.717, 1.165) is 17.9 Å². The average molecular weight is 535 g/mol. The second kappa shape index (κ2) is 13.1. The van der Waals surface area contributed by atoms with Gasteiger partial charge in [-0.1, -0.05) is 75.3 Å². The lowest BCUT2D eigenvalue weighted by molar-refractivity contribution is -0.144. The van der Waals surface area contributed by atoms with Gasteiger partial charge in [0.05, 0.1) is 17.1 Å². The highest BCUT2D eigenvalue weighted by Crippen LogP contribution is 2.33. The summed E-state index contributed by atoms with van der Waals surface area (Å²) in [6, 6.07) is 17.4. The van der Waals surface area contributed by atoms with Gasteiger partial charge in [-0.15, -0.1) is 5.10 Å². The van der Waals surface area contributed by atoms with Crippen molar-refractivity contribution in [3.05, 3.63) is 72.4 Å². The molecule has 0 saturated carbocycles. The van der Waals surface area contributed by atoms with Crippen LogP contribution in [0.15, 0.2) is 76.8 Å². The lowest BCUT2D eigenvalue weighted by Crippen LogP contribution is -2.24. The molecular weight excluding hydrogens is 504 g/mol. The topological polar surface area (TPSA) is 94.4 Å². The predicted octanol–water partition coefficient (Wildman–Crippen LogP) is 4.12. The van der Waals surface area contributed by atoms with E-state index < -0.39 is 15.1 Å². The zero-order valence-corrected chi connectivity index (χ0v) is 22.4. The minimum absolute atomic E-state index is 0.119. The van der Waals surface area contributed by atoms with Crippen molar-refractivity contribution in [2.75, 3.05) is 26.4 Å². The number of benzene rings is 2. The van der Waals surface area contributed by atoms with E-state index in [1.807, 2.05) is 51.4 Å². The molecule has 3 rings (SSSR count). The van der Waals surface area contributed by atoms with Crippen molar-refractivity contribution in [1.82, 2.24) is 19.9 Å². The number of hydrogen-bond acceptors (Lipinski definition) is 9. The van der Waals surface area contributed by atoms with Crippen molar-refractivity contribution in [2.24, 2.45) is 0 Å². The highest BCUT2D eigenvalue weighted by atomic mass is 33.1. The van der Waals surface area contributed by atoms with Gasteiger partial charge < -0.3 is 9.64 Å². The van der Waals surface area contributed by atoms with Crippen LogP contribution in [0, 0.1) is 0 Å². The summed E-state index contributed by atoms with van der Waals surface area (Å²) in [6.45, 7) is 2.98. The average Bonchev–Trinajstić information content (AvgIpc) is 3.37. The maximum absolute atomic E-state index is 13.0.